The maximum atomic E-state index is 6.10. The zero-order valence-corrected chi connectivity index (χ0v) is 13.2. The molecule has 3 aromatic heterocycles. The molecule has 0 aliphatic heterocycles. The molecule has 0 saturated carbocycles. The molecule has 3 heterocycles. The van der Waals surface area contributed by atoms with Gasteiger partial charge in [-0.15, -0.1) is 0 Å². The Kier molecular flexibility index (Phi) is 2.94. The molecule has 0 unspecified atom stereocenters. The van der Waals surface area contributed by atoms with E-state index in [1.165, 1.54) is 22.2 Å². The van der Waals surface area contributed by atoms with Crippen molar-refractivity contribution in [1.82, 2.24) is 19.3 Å². The summed E-state index contributed by atoms with van der Waals surface area (Å²) in [7, 11) is 2.09. The molecule has 0 amide bonds. The lowest BCUT2D eigenvalue weighted by Gasteiger charge is -2.05. The standard InChI is InChI=1S/C17H15ClN4/c1-11-7-13-8-12(3-4-15(13)21(11)2)10-22-16-5-6-19-17(18)14(16)9-20-22/h3-9H,10H2,1-2H3. The van der Waals surface area contributed by atoms with Crippen LogP contribution in [0.1, 0.15) is 11.3 Å². The summed E-state index contributed by atoms with van der Waals surface area (Å²) in [4.78, 5) is 4.09. The average molecular weight is 311 g/mol. The van der Waals surface area contributed by atoms with Crippen molar-refractivity contribution in [3.05, 3.63) is 59.1 Å². The van der Waals surface area contributed by atoms with E-state index in [1.807, 2.05) is 10.7 Å². The summed E-state index contributed by atoms with van der Waals surface area (Å²) in [6.45, 7) is 2.84. The molecule has 4 nitrogen and oxygen atoms in total. The van der Waals surface area contributed by atoms with E-state index in [-0.39, 0.29) is 0 Å². The Bertz CT molecular complexity index is 997. The first kappa shape index (κ1) is 13.3. The fraction of sp³-hybridized carbons (Fsp3) is 0.176. The normalized spacial score (nSPS) is 11.6. The molecular weight excluding hydrogens is 296 g/mol. The summed E-state index contributed by atoms with van der Waals surface area (Å²) >= 11 is 6.10. The number of hydrogen-bond donors (Lipinski definition) is 0. The molecule has 1 aromatic carbocycles. The minimum atomic E-state index is 0.498. The summed E-state index contributed by atoms with van der Waals surface area (Å²) in [6.07, 6.45) is 3.49. The molecule has 22 heavy (non-hydrogen) atoms. The van der Waals surface area contributed by atoms with E-state index in [0.29, 0.717) is 11.7 Å². The Morgan fingerprint density at radius 2 is 2.00 bits per heavy atom. The third-order valence-electron chi connectivity index (χ3n) is 4.20. The van der Waals surface area contributed by atoms with E-state index in [2.05, 4.69) is 52.9 Å². The van der Waals surface area contributed by atoms with Crippen LogP contribution in [0.2, 0.25) is 5.15 Å². The van der Waals surface area contributed by atoms with Gasteiger partial charge in [0.25, 0.3) is 0 Å². The smallest absolute Gasteiger partial charge is 0.139 e. The number of aromatic nitrogens is 4. The van der Waals surface area contributed by atoms with Gasteiger partial charge in [-0.2, -0.15) is 5.10 Å². The van der Waals surface area contributed by atoms with Crippen LogP contribution >= 0.6 is 11.6 Å². The lowest BCUT2D eigenvalue weighted by molar-refractivity contribution is 0.712. The fourth-order valence-electron chi connectivity index (χ4n) is 2.91. The number of pyridine rings is 1. The van der Waals surface area contributed by atoms with Gasteiger partial charge in [0.1, 0.15) is 5.15 Å². The number of halogens is 1. The van der Waals surface area contributed by atoms with Gasteiger partial charge >= 0.3 is 0 Å². The largest absolute Gasteiger partial charge is 0.348 e. The van der Waals surface area contributed by atoms with Crippen LogP contribution in [-0.4, -0.2) is 19.3 Å². The topological polar surface area (TPSA) is 35.6 Å². The van der Waals surface area contributed by atoms with E-state index < -0.39 is 0 Å². The number of aryl methyl sites for hydroxylation is 2. The fourth-order valence-corrected chi connectivity index (χ4v) is 3.11. The van der Waals surface area contributed by atoms with Gasteiger partial charge in [-0.25, -0.2) is 4.98 Å². The highest BCUT2D eigenvalue weighted by atomic mass is 35.5. The third kappa shape index (κ3) is 1.99. The zero-order valence-electron chi connectivity index (χ0n) is 12.4. The first-order chi connectivity index (χ1) is 10.6. The molecule has 110 valence electrons. The van der Waals surface area contributed by atoms with Crippen LogP contribution in [0.4, 0.5) is 0 Å². The van der Waals surface area contributed by atoms with Crippen molar-refractivity contribution in [3.8, 4) is 0 Å². The highest BCUT2D eigenvalue weighted by Crippen LogP contribution is 2.23. The molecular formula is C17H15ClN4. The van der Waals surface area contributed by atoms with E-state index in [9.17, 15) is 0 Å². The highest BCUT2D eigenvalue weighted by molar-refractivity contribution is 6.34. The van der Waals surface area contributed by atoms with Crippen molar-refractivity contribution in [3.63, 3.8) is 0 Å². The summed E-state index contributed by atoms with van der Waals surface area (Å²) in [5.74, 6) is 0. The maximum Gasteiger partial charge on any atom is 0.139 e. The summed E-state index contributed by atoms with van der Waals surface area (Å²) in [6, 6.07) is 10.7. The van der Waals surface area contributed by atoms with E-state index in [1.54, 1.807) is 12.4 Å². The monoisotopic (exact) mass is 310 g/mol. The Labute approximate surface area is 132 Å². The van der Waals surface area contributed by atoms with Gasteiger partial charge in [-0.3, -0.25) is 4.68 Å². The van der Waals surface area contributed by atoms with Crippen molar-refractivity contribution < 1.29 is 0 Å². The van der Waals surface area contributed by atoms with Crippen LogP contribution in [0.5, 0.6) is 0 Å². The molecule has 0 fully saturated rings. The number of benzene rings is 1. The number of fused-ring (bicyclic) bond motifs is 2. The maximum absolute atomic E-state index is 6.10. The van der Waals surface area contributed by atoms with Gasteiger partial charge in [0.2, 0.25) is 0 Å². The predicted molar refractivity (Wildman–Crippen MR) is 89.3 cm³/mol. The summed E-state index contributed by atoms with van der Waals surface area (Å²) in [5.41, 5.74) is 4.73. The molecule has 0 bridgehead atoms. The molecule has 4 aromatic rings. The van der Waals surface area contributed by atoms with Crippen LogP contribution in [0.3, 0.4) is 0 Å². The van der Waals surface area contributed by atoms with E-state index >= 15 is 0 Å². The lowest BCUT2D eigenvalue weighted by atomic mass is 10.1. The molecule has 0 spiro atoms. The minimum Gasteiger partial charge on any atom is -0.348 e. The van der Waals surface area contributed by atoms with Gasteiger partial charge in [-0.05, 0) is 36.8 Å². The molecule has 0 aliphatic rings. The quantitative estimate of drug-likeness (QED) is 0.526. The molecule has 0 atom stereocenters. The number of hydrogen-bond acceptors (Lipinski definition) is 2. The lowest BCUT2D eigenvalue weighted by Crippen LogP contribution is -2.01. The second kappa shape index (κ2) is 4.85. The first-order valence-electron chi connectivity index (χ1n) is 7.14. The van der Waals surface area contributed by atoms with Crippen LogP contribution in [0.15, 0.2) is 42.7 Å². The van der Waals surface area contributed by atoms with Gasteiger partial charge in [0, 0.05) is 29.8 Å². The van der Waals surface area contributed by atoms with Crippen molar-refractivity contribution >= 4 is 33.4 Å². The van der Waals surface area contributed by atoms with Crippen LogP contribution in [0.25, 0.3) is 21.8 Å². The molecule has 0 aliphatic carbocycles. The Morgan fingerprint density at radius 1 is 1.14 bits per heavy atom. The van der Waals surface area contributed by atoms with Crippen LogP contribution in [0, 0.1) is 6.92 Å². The van der Waals surface area contributed by atoms with Crippen molar-refractivity contribution in [1.29, 1.82) is 0 Å². The first-order valence-corrected chi connectivity index (χ1v) is 7.52. The van der Waals surface area contributed by atoms with Crippen molar-refractivity contribution in [2.24, 2.45) is 7.05 Å². The molecule has 5 heteroatoms. The molecule has 0 radical (unpaired) electrons. The zero-order chi connectivity index (χ0) is 15.3. The minimum absolute atomic E-state index is 0.498. The van der Waals surface area contributed by atoms with Gasteiger partial charge < -0.3 is 4.57 Å². The van der Waals surface area contributed by atoms with Gasteiger partial charge in [0.15, 0.2) is 0 Å². The highest BCUT2D eigenvalue weighted by Gasteiger charge is 2.08. The Morgan fingerprint density at radius 3 is 2.86 bits per heavy atom. The number of rotatable bonds is 2. The molecule has 0 N–H and O–H groups in total. The molecule has 4 rings (SSSR count). The molecule has 0 saturated heterocycles. The van der Waals surface area contributed by atoms with Crippen molar-refractivity contribution in [2.75, 3.05) is 0 Å². The third-order valence-corrected chi connectivity index (χ3v) is 4.50. The van der Waals surface area contributed by atoms with Gasteiger partial charge in [0.05, 0.1) is 23.6 Å². The summed E-state index contributed by atoms with van der Waals surface area (Å²) < 4.78 is 4.16. The van der Waals surface area contributed by atoms with Crippen LogP contribution in [-0.2, 0) is 13.6 Å². The Balaban J connectivity index is 1.77. The average Bonchev–Trinajstić information content (AvgIpc) is 3.03. The van der Waals surface area contributed by atoms with E-state index in [0.717, 1.165) is 10.9 Å². The van der Waals surface area contributed by atoms with Crippen molar-refractivity contribution in [2.45, 2.75) is 13.5 Å². The number of nitrogens with zero attached hydrogens (tertiary/aromatic N) is 4. The SMILES string of the molecule is Cc1cc2cc(Cn3ncc4c(Cl)nccc43)ccc2n1C. The summed E-state index contributed by atoms with van der Waals surface area (Å²) in [5, 5.41) is 7.09. The van der Waals surface area contributed by atoms with Gasteiger partial charge in [-0.1, -0.05) is 17.7 Å². The second-order valence-electron chi connectivity index (χ2n) is 5.57. The second-order valence-corrected chi connectivity index (χ2v) is 5.93. The predicted octanol–water partition coefficient (Wildman–Crippen LogP) is 3.93. The van der Waals surface area contributed by atoms with E-state index in [4.69, 9.17) is 11.6 Å². The van der Waals surface area contributed by atoms with Crippen LogP contribution < -0.4 is 0 Å². The Hall–Kier alpha value is -2.33.